The number of ether oxygens (including phenoxy) is 1. The van der Waals surface area contributed by atoms with E-state index in [0.29, 0.717) is 6.42 Å². The highest BCUT2D eigenvalue weighted by Gasteiger charge is 2.17. The topological polar surface area (TPSA) is 75.6 Å². The van der Waals surface area contributed by atoms with Gasteiger partial charge in [-0.2, -0.15) is 0 Å². The molecule has 1 aromatic rings. The van der Waals surface area contributed by atoms with Gasteiger partial charge in [-0.1, -0.05) is 19.1 Å². The molecule has 0 saturated heterocycles. The first-order chi connectivity index (χ1) is 8.58. The maximum atomic E-state index is 11.9. The molecule has 1 amide bonds. The van der Waals surface area contributed by atoms with Gasteiger partial charge in [0.2, 0.25) is 0 Å². The predicted octanol–water partition coefficient (Wildman–Crippen LogP) is 1.46. The zero-order chi connectivity index (χ0) is 13.5. The normalized spacial score (nSPS) is 11.7. The Hall–Kier alpha value is -2.04. The van der Waals surface area contributed by atoms with E-state index in [2.05, 4.69) is 10.1 Å². The molecule has 18 heavy (non-hydrogen) atoms. The Balaban J connectivity index is 2.68. The third-order valence-corrected chi connectivity index (χ3v) is 2.62. The van der Waals surface area contributed by atoms with E-state index in [9.17, 15) is 14.7 Å². The van der Waals surface area contributed by atoms with E-state index in [1.165, 1.54) is 19.2 Å². The lowest BCUT2D eigenvalue weighted by molar-refractivity contribution is -0.141. The van der Waals surface area contributed by atoms with Crippen molar-refractivity contribution in [1.82, 2.24) is 5.32 Å². The molecule has 0 aliphatic rings. The number of amides is 1. The Labute approximate surface area is 106 Å². The Kier molecular flexibility index (Phi) is 5.17. The van der Waals surface area contributed by atoms with Crippen molar-refractivity contribution in [1.29, 1.82) is 0 Å². The molecule has 1 aromatic carbocycles. The number of carbonyl (C=O) groups excluding carboxylic acids is 2. The summed E-state index contributed by atoms with van der Waals surface area (Å²) in [5, 5.41) is 12.2. The molecule has 5 heteroatoms. The average Bonchev–Trinajstić information content (AvgIpc) is 2.38. The SMILES string of the molecule is CCC(CC(=O)OC)NC(=O)c1ccccc1O. The number of hydrogen-bond donors (Lipinski definition) is 2. The highest BCUT2D eigenvalue weighted by molar-refractivity contribution is 5.97. The predicted molar refractivity (Wildman–Crippen MR) is 66.3 cm³/mol. The molecule has 1 unspecified atom stereocenters. The highest BCUT2D eigenvalue weighted by atomic mass is 16.5. The Morgan fingerprint density at radius 2 is 2.06 bits per heavy atom. The zero-order valence-corrected chi connectivity index (χ0v) is 10.5. The van der Waals surface area contributed by atoms with E-state index in [1.807, 2.05) is 6.92 Å². The fraction of sp³-hybridized carbons (Fsp3) is 0.385. The van der Waals surface area contributed by atoms with Crippen LogP contribution in [0.2, 0.25) is 0 Å². The zero-order valence-electron chi connectivity index (χ0n) is 10.5. The van der Waals surface area contributed by atoms with Crippen molar-refractivity contribution < 1.29 is 19.4 Å². The molecule has 0 fully saturated rings. The Bertz CT molecular complexity index is 431. The van der Waals surface area contributed by atoms with Crippen LogP contribution in [0.25, 0.3) is 0 Å². The number of methoxy groups -OCH3 is 1. The van der Waals surface area contributed by atoms with Crippen molar-refractivity contribution >= 4 is 11.9 Å². The number of rotatable bonds is 5. The first kappa shape index (κ1) is 14.0. The summed E-state index contributed by atoms with van der Waals surface area (Å²) in [6.45, 7) is 1.86. The number of para-hydroxylation sites is 1. The van der Waals surface area contributed by atoms with Gasteiger partial charge in [-0.05, 0) is 18.6 Å². The Morgan fingerprint density at radius 3 is 2.61 bits per heavy atom. The number of phenols is 1. The second-order valence-corrected chi connectivity index (χ2v) is 3.88. The maximum Gasteiger partial charge on any atom is 0.307 e. The molecular formula is C13H17NO4. The van der Waals surface area contributed by atoms with E-state index >= 15 is 0 Å². The summed E-state index contributed by atoms with van der Waals surface area (Å²) in [4.78, 5) is 23.0. The standard InChI is InChI=1S/C13H17NO4/c1-3-9(8-12(16)18-2)14-13(17)10-6-4-5-7-11(10)15/h4-7,9,15H,3,8H2,1-2H3,(H,14,17). The van der Waals surface area contributed by atoms with Crippen molar-refractivity contribution in [3.8, 4) is 5.75 Å². The van der Waals surface area contributed by atoms with Gasteiger partial charge in [0.25, 0.3) is 5.91 Å². The number of phenolic OH excluding ortho intramolecular Hbond substituents is 1. The molecule has 0 aromatic heterocycles. The van der Waals surface area contributed by atoms with Gasteiger partial charge in [-0.3, -0.25) is 9.59 Å². The number of benzene rings is 1. The summed E-state index contributed by atoms with van der Waals surface area (Å²) in [5.74, 6) is -0.855. The molecule has 0 heterocycles. The van der Waals surface area contributed by atoms with Crippen LogP contribution < -0.4 is 5.32 Å². The molecule has 0 spiro atoms. The maximum absolute atomic E-state index is 11.9. The first-order valence-electron chi connectivity index (χ1n) is 5.74. The molecule has 1 atom stereocenters. The van der Waals surface area contributed by atoms with Gasteiger partial charge in [0.15, 0.2) is 0 Å². The molecular weight excluding hydrogens is 234 g/mol. The number of carbonyl (C=O) groups is 2. The number of aromatic hydroxyl groups is 1. The number of nitrogens with one attached hydrogen (secondary N) is 1. The molecule has 0 saturated carbocycles. The van der Waals surface area contributed by atoms with Gasteiger partial charge >= 0.3 is 5.97 Å². The fourth-order valence-electron chi connectivity index (χ4n) is 1.51. The fourth-order valence-corrected chi connectivity index (χ4v) is 1.51. The minimum atomic E-state index is -0.399. The van der Waals surface area contributed by atoms with Gasteiger partial charge in [0, 0.05) is 6.04 Å². The lowest BCUT2D eigenvalue weighted by Gasteiger charge is -2.16. The molecule has 0 aliphatic carbocycles. The third kappa shape index (κ3) is 3.76. The largest absolute Gasteiger partial charge is 0.507 e. The highest BCUT2D eigenvalue weighted by Crippen LogP contribution is 2.15. The summed E-state index contributed by atoms with van der Waals surface area (Å²) in [6, 6.07) is 5.96. The number of hydrogen-bond acceptors (Lipinski definition) is 4. The van der Waals surface area contributed by atoms with Crippen molar-refractivity contribution in [2.45, 2.75) is 25.8 Å². The summed E-state index contributed by atoms with van der Waals surface area (Å²) in [6.07, 6.45) is 0.723. The van der Waals surface area contributed by atoms with Gasteiger partial charge in [-0.15, -0.1) is 0 Å². The van der Waals surface area contributed by atoms with Crippen LogP contribution >= 0.6 is 0 Å². The summed E-state index contributed by atoms with van der Waals surface area (Å²) < 4.78 is 4.55. The molecule has 5 nitrogen and oxygen atoms in total. The van der Waals surface area contributed by atoms with Gasteiger partial charge < -0.3 is 15.2 Å². The van der Waals surface area contributed by atoms with E-state index in [-0.39, 0.29) is 29.7 Å². The second-order valence-electron chi connectivity index (χ2n) is 3.88. The number of esters is 1. The van der Waals surface area contributed by atoms with Crippen LogP contribution in [0, 0.1) is 0 Å². The van der Waals surface area contributed by atoms with Crippen LogP contribution in [-0.4, -0.2) is 30.1 Å². The van der Waals surface area contributed by atoms with E-state index < -0.39 is 5.91 Å². The molecule has 98 valence electrons. The van der Waals surface area contributed by atoms with Crippen molar-refractivity contribution in [2.24, 2.45) is 0 Å². The monoisotopic (exact) mass is 251 g/mol. The van der Waals surface area contributed by atoms with Crippen LogP contribution in [0.4, 0.5) is 0 Å². The lowest BCUT2D eigenvalue weighted by Crippen LogP contribution is -2.36. The third-order valence-electron chi connectivity index (χ3n) is 2.62. The Morgan fingerprint density at radius 1 is 1.39 bits per heavy atom. The molecule has 0 bridgehead atoms. The van der Waals surface area contributed by atoms with Crippen molar-refractivity contribution in [2.75, 3.05) is 7.11 Å². The van der Waals surface area contributed by atoms with Crippen LogP contribution in [0.1, 0.15) is 30.1 Å². The van der Waals surface area contributed by atoms with E-state index in [1.54, 1.807) is 12.1 Å². The summed E-state index contributed by atoms with van der Waals surface area (Å²) in [7, 11) is 1.31. The minimum absolute atomic E-state index is 0.0806. The van der Waals surface area contributed by atoms with Crippen LogP contribution in [0.15, 0.2) is 24.3 Å². The molecule has 0 radical (unpaired) electrons. The van der Waals surface area contributed by atoms with Gasteiger partial charge in [-0.25, -0.2) is 0 Å². The molecule has 1 rings (SSSR count). The minimum Gasteiger partial charge on any atom is -0.507 e. The smallest absolute Gasteiger partial charge is 0.307 e. The quantitative estimate of drug-likeness (QED) is 0.777. The van der Waals surface area contributed by atoms with Crippen molar-refractivity contribution in [3.63, 3.8) is 0 Å². The van der Waals surface area contributed by atoms with Crippen molar-refractivity contribution in [3.05, 3.63) is 29.8 Å². The second kappa shape index (κ2) is 6.64. The first-order valence-corrected chi connectivity index (χ1v) is 5.74. The van der Waals surface area contributed by atoms with Crippen LogP contribution in [0.5, 0.6) is 5.75 Å². The van der Waals surface area contributed by atoms with E-state index in [4.69, 9.17) is 0 Å². The van der Waals surface area contributed by atoms with Gasteiger partial charge in [0.05, 0.1) is 19.1 Å². The van der Waals surface area contributed by atoms with E-state index in [0.717, 1.165) is 0 Å². The molecule has 2 N–H and O–H groups in total. The molecule has 0 aliphatic heterocycles. The lowest BCUT2D eigenvalue weighted by atomic mass is 10.1. The van der Waals surface area contributed by atoms with Crippen LogP contribution in [0.3, 0.4) is 0 Å². The van der Waals surface area contributed by atoms with Crippen LogP contribution in [-0.2, 0) is 9.53 Å². The summed E-state index contributed by atoms with van der Waals surface area (Å²) in [5.41, 5.74) is 0.195. The average molecular weight is 251 g/mol. The summed E-state index contributed by atoms with van der Waals surface area (Å²) >= 11 is 0. The van der Waals surface area contributed by atoms with Gasteiger partial charge in [0.1, 0.15) is 5.75 Å².